The molecule has 0 N–H and O–H groups in total. The third-order valence-electron chi connectivity index (χ3n) is 4.82. The van der Waals surface area contributed by atoms with Gasteiger partial charge in [-0.2, -0.15) is 0 Å². The van der Waals surface area contributed by atoms with Crippen molar-refractivity contribution in [3.63, 3.8) is 0 Å². The summed E-state index contributed by atoms with van der Waals surface area (Å²) in [7, 11) is 0. The summed E-state index contributed by atoms with van der Waals surface area (Å²) >= 11 is 0. The van der Waals surface area contributed by atoms with Crippen LogP contribution in [0.3, 0.4) is 0 Å². The van der Waals surface area contributed by atoms with Crippen LogP contribution in [0.15, 0.2) is 18.2 Å². The molecule has 0 bridgehead atoms. The zero-order chi connectivity index (χ0) is 13.7. The van der Waals surface area contributed by atoms with Gasteiger partial charge in [-0.1, -0.05) is 66.7 Å². The summed E-state index contributed by atoms with van der Waals surface area (Å²) in [5, 5.41) is 0. The van der Waals surface area contributed by atoms with E-state index in [4.69, 9.17) is 0 Å². The van der Waals surface area contributed by atoms with Gasteiger partial charge in [0.25, 0.3) is 0 Å². The molecule has 18 heavy (non-hydrogen) atoms. The van der Waals surface area contributed by atoms with Crippen molar-refractivity contribution < 1.29 is 0 Å². The predicted octanol–water partition coefficient (Wildman–Crippen LogP) is 5.48. The van der Waals surface area contributed by atoms with Crippen LogP contribution >= 0.6 is 0 Å². The quantitative estimate of drug-likeness (QED) is 0.614. The monoisotopic (exact) mass is 244 g/mol. The van der Waals surface area contributed by atoms with Gasteiger partial charge in [-0.25, -0.2) is 0 Å². The normalized spacial score (nSPS) is 27.7. The third-order valence-corrected chi connectivity index (χ3v) is 4.82. The number of hydrogen-bond acceptors (Lipinski definition) is 0. The first-order valence-electron chi connectivity index (χ1n) is 7.38. The van der Waals surface area contributed by atoms with Gasteiger partial charge >= 0.3 is 0 Å². The molecule has 1 aliphatic carbocycles. The lowest BCUT2D eigenvalue weighted by Crippen LogP contribution is -2.18. The largest absolute Gasteiger partial charge is 0.0625 e. The third kappa shape index (κ3) is 2.00. The van der Waals surface area contributed by atoms with Crippen LogP contribution in [0.5, 0.6) is 0 Å². The zero-order valence-corrected chi connectivity index (χ0v) is 13.0. The molecule has 0 aromatic heterocycles. The molecule has 0 nitrogen and oxygen atoms in total. The van der Waals surface area contributed by atoms with E-state index >= 15 is 0 Å². The summed E-state index contributed by atoms with van der Waals surface area (Å²) < 4.78 is 0. The standard InChI is InChI=1S/C18H28/c1-11(2)16-12(3)14-9-8-10-15(18(5,6)7)17(14)13(16)4/h8-13,16H,1-7H3. The highest BCUT2D eigenvalue weighted by Crippen LogP contribution is 2.52. The summed E-state index contributed by atoms with van der Waals surface area (Å²) in [6.07, 6.45) is 0. The number of benzene rings is 1. The van der Waals surface area contributed by atoms with Crippen LogP contribution in [0.2, 0.25) is 0 Å². The number of rotatable bonds is 1. The maximum absolute atomic E-state index is 2.43. The highest BCUT2D eigenvalue weighted by molar-refractivity contribution is 5.47. The second kappa shape index (κ2) is 4.40. The van der Waals surface area contributed by atoms with Gasteiger partial charge in [0.1, 0.15) is 0 Å². The lowest BCUT2D eigenvalue weighted by Gasteiger charge is -2.27. The molecule has 3 unspecified atom stereocenters. The smallest absolute Gasteiger partial charge is 0.0129 e. The average Bonchev–Trinajstić information content (AvgIpc) is 2.50. The fourth-order valence-corrected chi connectivity index (χ4v) is 4.13. The first-order valence-corrected chi connectivity index (χ1v) is 7.38. The number of hydrogen-bond donors (Lipinski definition) is 0. The molecular formula is C18H28. The Kier molecular flexibility index (Phi) is 3.34. The molecule has 0 aliphatic heterocycles. The van der Waals surface area contributed by atoms with Crippen molar-refractivity contribution in [3.8, 4) is 0 Å². The topological polar surface area (TPSA) is 0 Å². The summed E-state index contributed by atoms with van der Waals surface area (Å²) in [5.74, 6) is 2.96. The average molecular weight is 244 g/mol. The Hall–Kier alpha value is -0.780. The molecule has 0 saturated heterocycles. The van der Waals surface area contributed by atoms with Gasteiger partial charge in [0.15, 0.2) is 0 Å². The molecule has 0 spiro atoms. The second-order valence-electron chi connectivity index (χ2n) is 7.46. The summed E-state index contributed by atoms with van der Waals surface area (Å²) in [6.45, 7) is 16.6. The molecule has 1 aromatic rings. The molecule has 2 rings (SSSR count). The van der Waals surface area contributed by atoms with E-state index in [-0.39, 0.29) is 5.41 Å². The van der Waals surface area contributed by atoms with Gasteiger partial charge < -0.3 is 0 Å². The van der Waals surface area contributed by atoms with Crippen LogP contribution in [0.1, 0.15) is 77.0 Å². The molecule has 100 valence electrons. The molecule has 1 aromatic carbocycles. The lowest BCUT2D eigenvalue weighted by atomic mass is 9.77. The van der Waals surface area contributed by atoms with E-state index < -0.39 is 0 Å². The first kappa shape index (κ1) is 13.6. The Morgan fingerprint density at radius 1 is 1.00 bits per heavy atom. The zero-order valence-electron chi connectivity index (χ0n) is 13.0. The van der Waals surface area contributed by atoms with E-state index in [0.717, 1.165) is 11.8 Å². The highest BCUT2D eigenvalue weighted by atomic mass is 14.4. The molecule has 3 atom stereocenters. The Morgan fingerprint density at radius 2 is 1.61 bits per heavy atom. The van der Waals surface area contributed by atoms with Crippen LogP contribution in [0.4, 0.5) is 0 Å². The van der Waals surface area contributed by atoms with Gasteiger partial charge in [0, 0.05) is 0 Å². The summed E-state index contributed by atoms with van der Waals surface area (Å²) in [6, 6.07) is 6.95. The van der Waals surface area contributed by atoms with Gasteiger partial charge in [0.05, 0.1) is 0 Å². The first-order chi connectivity index (χ1) is 8.25. The Balaban J connectivity index is 2.58. The molecule has 0 fully saturated rings. The number of fused-ring (bicyclic) bond motifs is 1. The minimum atomic E-state index is 0.255. The van der Waals surface area contributed by atoms with E-state index in [1.165, 1.54) is 0 Å². The Labute approximate surface area is 113 Å². The molecule has 1 aliphatic rings. The lowest BCUT2D eigenvalue weighted by molar-refractivity contribution is 0.313. The van der Waals surface area contributed by atoms with Crippen molar-refractivity contribution in [2.24, 2.45) is 11.8 Å². The maximum Gasteiger partial charge on any atom is -0.0129 e. The molecular weight excluding hydrogens is 216 g/mol. The van der Waals surface area contributed by atoms with Gasteiger partial charge in [-0.15, -0.1) is 0 Å². The van der Waals surface area contributed by atoms with E-state index in [1.807, 2.05) is 0 Å². The Bertz CT molecular complexity index is 434. The van der Waals surface area contributed by atoms with Gasteiger partial charge in [-0.3, -0.25) is 0 Å². The highest BCUT2D eigenvalue weighted by Gasteiger charge is 2.39. The van der Waals surface area contributed by atoms with Crippen molar-refractivity contribution in [2.75, 3.05) is 0 Å². The van der Waals surface area contributed by atoms with Gasteiger partial charge in [-0.05, 0) is 45.8 Å². The van der Waals surface area contributed by atoms with Crippen molar-refractivity contribution >= 4 is 0 Å². The second-order valence-corrected chi connectivity index (χ2v) is 7.46. The summed E-state index contributed by atoms with van der Waals surface area (Å²) in [5.41, 5.74) is 5.07. The van der Waals surface area contributed by atoms with E-state index in [2.05, 4.69) is 66.7 Å². The van der Waals surface area contributed by atoms with Crippen molar-refractivity contribution in [3.05, 3.63) is 34.9 Å². The maximum atomic E-state index is 2.43. The predicted molar refractivity (Wildman–Crippen MR) is 80.3 cm³/mol. The fraction of sp³-hybridized carbons (Fsp3) is 0.667. The SMILES string of the molecule is CC(C)C1C(C)c2cccc(C(C)(C)C)c2C1C. The molecule has 0 amide bonds. The molecule has 0 radical (unpaired) electrons. The fourth-order valence-electron chi connectivity index (χ4n) is 4.13. The van der Waals surface area contributed by atoms with Crippen LogP contribution in [0, 0.1) is 11.8 Å². The van der Waals surface area contributed by atoms with Crippen molar-refractivity contribution in [1.29, 1.82) is 0 Å². The van der Waals surface area contributed by atoms with Crippen LogP contribution < -0.4 is 0 Å². The van der Waals surface area contributed by atoms with Gasteiger partial charge in [0.2, 0.25) is 0 Å². The van der Waals surface area contributed by atoms with Crippen molar-refractivity contribution in [1.82, 2.24) is 0 Å². The Morgan fingerprint density at radius 3 is 2.11 bits per heavy atom. The van der Waals surface area contributed by atoms with Crippen LogP contribution in [0.25, 0.3) is 0 Å². The molecule has 0 heterocycles. The minimum absolute atomic E-state index is 0.255. The minimum Gasteiger partial charge on any atom is -0.0625 e. The molecule has 0 saturated carbocycles. The van der Waals surface area contributed by atoms with E-state index in [1.54, 1.807) is 16.7 Å². The van der Waals surface area contributed by atoms with E-state index in [0.29, 0.717) is 11.8 Å². The van der Waals surface area contributed by atoms with Crippen molar-refractivity contribution in [2.45, 2.75) is 65.7 Å². The van der Waals surface area contributed by atoms with Crippen LogP contribution in [-0.2, 0) is 5.41 Å². The molecule has 0 heteroatoms. The van der Waals surface area contributed by atoms with Crippen LogP contribution in [-0.4, -0.2) is 0 Å². The van der Waals surface area contributed by atoms with E-state index in [9.17, 15) is 0 Å². The summed E-state index contributed by atoms with van der Waals surface area (Å²) in [4.78, 5) is 0.